The van der Waals surface area contributed by atoms with Gasteiger partial charge in [-0.2, -0.15) is 0 Å². The van der Waals surface area contributed by atoms with Gasteiger partial charge in [0.25, 0.3) is 0 Å². The molecule has 2 atom stereocenters. The zero-order chi connectivity index (χ0) is 12.4. The molecule has 2 saturated heterocycles. The van der Waals surface area contributed by atoms with Gasteiger partial charge < -0.3 is 15.7 Å². The largest absolute Gasteiger partial charge is 0.481 e. The van der Waals surface area contributed by atoms with Crippen molar-refractivity contribution in [2.24, 2.45) is 11.7 Å². The SMILES string of the molecule is NCCC(=O)N1C2CCC1CC(CC(=O)O)C2. The number of nitrogens with two attached hydrogens (primary N) is 1. The summed E-state index contributed by atoms with van der Waals surface area (Å²) in [7, 11) is 0. The molecule has 2 aliphatic heterocycles. The fraction of sp³-hybridized carbons (Fsp3) is 0.833. The second-order valence-corrected chi connectivity index (χ2v) is 5.16. The molecule has 2 rings (SSSR count). The van der Waals surface area contributed by atoms with E-state index in [2.05, 4.69) is 0 Å². The fourth-order valence-corrected chi connectivity index (χ4v) is 3.36. The van der Waals surface area contributed by atoms with Crippen LogP contribution in [0.5, 0.6) is 0 Å². The third-order valence-electron chi connectivity index (χ3n) is 3.94. The summed E-state index contributed by atoms with van der Waals surface area (Å²) < 4.78 is 0. The van der Waals surface area contributed by atoms with E-state index in [1.165, 1.54) is 0 Å². The topological polar surface area (TPSA) is 83.6 Å². The van der Waals surface area contributed by atoms with Crippen molar-refractivity contribution < 1.29 is 14.7 Å². The Morgan fingerprint density at radius 1 is 1.24 bits per heavy atom. The molecule has 2 aliphatic rings. The van der Waals surface area contributed by atoms with Crippen molar-refractivity contribution >= 4 is 11.9 Å². The molecule has 0 aromatic rings. The van der Waals surface area contributed by atoms with Crippen LogP contribution in [-0.2, 0) is 9.59 Å². The zero-order valence-corrected chi connectivity index (χ0v) is 9.97. The van der Waals surface area contributed by atoms with Crippen LogP contribution in [0, 0.1) is 5.92 Å². The maximum atomic E-state index is 11.9. The summed E-state index contributed by atoms with van der Waals surface area (Å²) in [6, 6.07) is 0.522. The predicted molar refractivity (Wildman–Crippen MR) is 62.3 cm³/mol. The fourth-order valence-electron chi connectivity index (χ4n) is 3.36. The molecule has 17 heavy (non-hydrogen) atoms. The van der Waals surface area contributed by atoms with Gasteiger partial charge in [-0.25, -0.2) is 0 Å². The Hall–Kier alpha value is -1.10. The number of rotatable bonds is 4. The van der Waals surface area contributed by atoms with Crippen LogP contribution in [0.2, 0.25) is 0 Å². The highest BCUT2D eigenvalue weighted by molar-refractivity contribution is 5.77. The summed E-state index contributed by atoms with van der Waals surface area (Å²) in [5.41, 5.74) is 5.42. The number of carboxylic acids is 1. The highest BCUT2D eigenvalue weighted by atomic mass is 16.4. The Morgan fingerprint density at radius 3 is 2.29 bits per heavy atom. The number of hydrogen-bond donors (Lipinski definition) is 2. The van der Waals surface area contributed by atoms with Crippen molar-refractivity contribution in [3.63, 3.8) is 0 Å². The van der Waals surface area contributed by atoms with Gasteiger partial charge >= 0.3 is 5.97 Å². The van der Waals surface area contributed by atoms with Crippen molar-refractivity contribution in [2.45, 2.75) is 50.6 Å². The standard InChI is InChI=1S/C12H20N2O3/c13-4-3-11(15)14-9-1-2-10(14)6-8(5-9)7-12(16)17/h8-10H,1-7,13H2,(H,16,17). The molecule has 3 N–H and O–H groups in total. The van der Waals surface area contributed by atoms with Gasteiger partial charge in [-0.15, -0.1) is 0 Å². The van der Waals surface area contributed by atoms with E-state index in [-0.39, 0.29) is 30.3 Å². The summed E-state index contributed by atoms with van der Waals surface area (Å²) >= 11 is 0. The van der Waals surface area contributed by atoms with E-state index < -0.39 is 5.97 Å². The van der Waals surface area contributed by atoms with Gasteiger partial charge in [0.05, 0.1) is 0 Å². The molecule has 5 heteroatoms. The number of piperidine rings is 1. The van der Waals surface area contributed by atoms with Gasteiger partial charge in [0, 0.05) is 31.5 Å². The van der Waals surface area contributed by atoms with Crippen LogP contribution in [0.1, 0.15) is 38.5 Å². The van der Waals surface area contributed by atoms with Gasteiger partial charge in [0.2, 0.25) is 5.91 Å². The lowest BCUT2D eigenvalue weighted by Gasteiger charge is -2.38. The molecule has 0 radical (unpaired) electrons. The molecule has 2 bridgehead atoms. The van der Waals surface area contributed by atoms with Crippen LogP contribution in [-0.4, -0.2) is 40.5 Å². The molecule has 1 amide bonds. The first-order valence-corrected chi connectivity index (χ1v) is 6.34. The summed E-state index contributed by atoms with van der Waals surface area (Å²) in [4.78, 5) is 24.6. The highest BCUT2D eigenvalue weighted by Crippen LogP contribution is 2.40. The average Bonchev–Trinajstić information content (AvgIpc) is 2.50. The summed E-state index contributed by atoms with van der Waals surface area (Å²) in [6.07, 6.45) is 4.40. The Labute approximate surface area is 101 Å². The number of nitrogens with zero attached hydrogens (tertiary/aromatic N) is 1. The van der Waals surface area contributed by atoms with Gasteiger partial charge in [0.15, 0.2) is 0 Å². The van der Waals surface area contributed by atoms with E-state index in [4.69, 9.17) is 10.8 Å². The summed E-state index contributed by atoms with van der Waals surface area (Å²) in [5.74, 6) is -0.336. The quantitative estimate of drug-likeness (QED) is 0.753. The van der Waals surface area contributed by atoms with Gasteiger partial charge in [-0.1, -0.05) is 0 Å². The first-order valence-electron chi connectivity index (χ1n) is 6.34. The van der Waals surface area contributed by atoms with E-state index in [0.717, 1.165) is 25.7 Å². The number of fused-ring (bicyclic) bond motifs is 2. The third kappa shape index (κ3) is 2.60. The van der Waals surface area contributed by atoms with Crippen LogP contribution in [0.25, 0.3) is 0 Å². The van der Waals surface area contributed by atoms with Crippen molar-refractivity contribution in [1.29, 1.82) is 0 Å². The van der Waals surface area contributed by atoms with Gasteiger partial charge in [-0.3, -0.25) is 9.59 Å². The number of hydrogen-bond acceptors (Lipinski definition) is 3. The Balaban J connectivity index is 1.97. The number of carbonyl (C=O) groups is 2. The molecule has 5 nitrogen and oxygen atoms in total. The summed E-state index contributed by atoms with van der Waals surface area (Å²) in [6.45, 7) is 0.396. The maximum absolute atomic E-state index is 11.9. The summed E-state index contributed by atoms with van der Waals surface area (Å²) in [5, 5.41) is 8.82. The van der Waals surface area contributed by atoms with E-state index in [0.29, 0.717) is 13.0 Å². The minimum absolute atomic E-state index is 0.147. The molecule has 2 unspecified atom stereocenters. The zero-order valence-electron chi connectivity index (χ0n) is 9.97. The first-order chi connectivity index (χ1) is 8.11. The highest BCUT2D eigenvalue weighted by Gasteiger charge is 2.42. The molecule has 0 aliphatic carbocycles. The predicted octanol–water partition coefficient (Wildman–Crippen LogP) is 0.580. The maximum Gasteiger partial charge on any atom is 0.303 e. The van der Waals surface area contributed by atoms with Crippen LogP contribution >= 0.6 is 0 Å². The van der Waals surface area contributed by atoms with Crippen molar-refractivity contribution in [2.75, 3.05) is 6.54 Å². The molecule has 96 valence electrons. The molecule has 2 fully saturated rings. The number of carbonyl (C=O) groups excluding carboxylic acids is 1. The van der Waals surface area contributed by atoms with Gasteiger partial charge in [-0.05, 0) is 31.6 Å². The number of carboxylic acid groups (broad SMARTS) is 1. The van der Waals surface area contributed by atoms with E-state index in [9.17, 15) is 9.59 Å². The molecule has 0 spiro atoms. The lowest BCUT2D eigenvalue weighted by Crippen LogP contribution is -2.47. The van der Waals surface area contributed by atoms with Gasteiger partial charge in [0.1, 0.15) is 0 Å². The molecule has 0 aromatic carbocycles. The number of aliphatic carboxylic acids is 1. The lowest BCUT2D eigenvalue weighted by molar-refractivity contribution is -0.140. The van der Waals surface area contributed by atoms with Crippen molar-refractivity contribution in [3.8, 4) is 0 Å². The molecular formula is C12H20N2O3. The Morgan fingerprint density at radius 2 is 1.82 bits per heavy atom. The van der Waals surface area contributed by atoms with Crippen LogP contribution in [0.3, 0.4) is 0 Å². The normalized spacial score (nSPS) is 31.6. The molecule has 2 heterocycles. The van der Waals surface area contributed by atoms with Crippen LogP contribution in [0.4, 0.5) is 0 Å². The lowest BCUT2D eigenvalue weighted by atomic mass is 9.88. The second-order valence-electron chi connectivity index (χ2n) is 5.16. The second kappa shape index (κ2) is 5.04. The van der Waals surface area contributed by atoms with Crippen molar-refractivity contribution in [1.82, 2.24) is 4.90 Å². The van der Waals surface area contributed by atoms with Crippen LogP contribution in [0.15, 0.2) is 0 Å². The Kier molecular flexibility index (Phi) is 3.66. The minimum atomic E-state index is -0.726. The van der Waals surface area contributed by atoms with Crippen LogP contribution < -0.4 is 5.73 Å². The molecule has 0 saturated carbocycles. The molecular weight excluding hydrogens is 220 g/mol. The van der Waals surface area contributed by atoms with Crippen molar-refractivity contribution in [3.05, 3.63) is 0 Å². The molecule has 0 aromatic heterocycles. The third-order valence-corrected chi connectivity index (χ3v) is 3.94. The van der Waals surface area contributed by atoms with E-state index in [1.54, 1.807) is 0 Å². The Bertz CT molecular complexity index is 305. The smallest absolute Gasteiger partial charge is 0.303 e. The number of amides is 1. The monoisotopic (exact) mass is 240 g/mol. The first kappa shape index (κ1) is 12.4. The van der Waals surface area contributed by atoms with E-state index >= 15 is 0 Å². The minimum Gasteiger partial charge on any atom is -0.481 e. The van der Waals surface area contributed by atoms with E-state index in [1.807, 2.05) is 4.90 Å². The average molecular weight is 240 g/mol.